The largest absolute Gasteiger partial charge is 0.417 e. The number of likely N-dealkylation sites (N-methyl/N-ethyl adjacent to an activating group) is 2. The van der Waals surface area contributed by atoms with E-state index >= 15 is 0 Å². The molecule has 0 radical (unpaired) electrons. The van der Waals surface area contributed by atoms with Gasteiger partial charge in [0.15, 0.2) is 0 Å². The van der Waals surface area contributed by atoms with Gasteiger partial charge < -0.3 is 10.6 Å². The lowest BCUT2D eigenvalue weighted by Crippen LogP contribution is -2.35. The van der Waals surface area contributed by atoms with Crippen molar-refractivity contribution in [3.63, 3.8) is 0 Å². The molecule has 8 nitrogen and oxygen atoms in total. The third-order valence-electron chi connectivity index (χ3n) is 6.95. The number of amides is 2. The molecule has 0 bridgehead atoms. The molecule has 0 atom stereocenters. The van der Waals surface area contributed by atoms with Crippen molar-refractivity contribution in [3.8, 4) is 0 Å². The maximum absolute atomic E-state index is 13.1. The van der Waals surface area contributed by atoms with Crippen LogP contribution >= 0.6 is 27.5 Å². The van der Waals surface area contributed by atoms with Crippen molar-refractivity contribution in [2.24, 2.45) is 5.10 Å². The number of halogens is 5. The van der Waals surface area contributed by atoms with E-state index in [1.165, 1.54) is 12.1 Å². The van der Waals surface area contributed by atoms with Crippen LogP contribution in [0.5, 0.6) is 0 Å². The fourth-order valence-corrected chi connectivity index (χ4v) is 5.28. The summed E-state index contributed by atoms with van der Waals surface area (Å²) in [5, 5.41) is 14.3. The summed E-state index contributed by atoms with van der Waals surface area (Å²) in [7, 11) is 0. The third kappa shape index (κ3) is 8.64. The minimum Gasteiger partial charge on any atom is -0.321 e. The number of nitrogens with zero attached hydrogens (tertiary/aromatic N) is 3. The van der Waals surface area contributed by atoms with Gasteiger partial charge in [-0.2, -0.15) is 18.3 Å². The number of alkyl halides is 3. The molecule has 0 unspecified atom stereocenters. The van der Waals surface area contributed by atoms with Gasteiger partial charge in [-0.3, -0.25) is 9.59 Å². The zero-order valence-electron chi connectivity index (χ0n) is 23.5. The Balaban J connectivity index is 1.37. The number of nitrogens with one attached hydrogen (secondary N) is 3. The predicted molar refractivity (Wildman–Crippen MR) is 165 cm³/mol. The highest BCUT2D eigenvalue weighted by Crippen LogP contribution is 2.34. The van der Waals surface area contributed by atoms with Crippen molar-refractivity contribution in [1.29, 1.82) is 0 Å². The van der Waals surface area contributed by atoms with Crippen LogP contribution < -0.4 is 16.1 Å². The van der Waals surface area contributed by atoms with Gasteiger partial charge in [-0.25, -0.2) is 15.4 Å². The van der Waals surface area contributed by atoms with E-state index in [9.17, 15) is 22.8 Å². The normalized spacial score (nSPS) is 14.9. The Labute approximate surface area is 261 Å². The summed E-state index contributed by atoms with van der Waals surface area (Å²) in [6, 6.07) is 15.6. The highest BCUT2D eigenvalue weighted by molar-refractivity contribution is 9.10. The van der Waals surface area contributed by atoms with Gasteiger partial charge in [0, 0.05) is 48.8 Å². The Kier molecular flexibility index (Phi) is 11.0. The maximum atomic E-state index is 13.1. The molecule has 43 heavy (non-hydrogen) atoms. The summed E-state index contributed by atoms with van der Waals surface area (Å²) in [5.41, 5.74) is 3.16. The molecule has 228 valence electrons. The van der Waals surface area contributed by atoms with E-state index in [0.717, 1.165) is 50.1 Å². The van der Waals surface area contributed by atoms with Gasteiger partial charge in [0.25, 0.3) is 11.8 Å². The van der Waals surface area contributed by atoms with E-state index in [0.29, 0.717) is 22.6 Å². The first-order chi connectivity index (χ1) is 20.5. The molecule has 1 fully saturated rings. The summed E-state index contributed by atoms with van der Waals surface area (Å²) in [6.45, 7) is 8.83. The summed E-state index contributed by atoms with van der Waals surface area (Å²) < 4.78 is 40.0. The van der Waals surface area contributed by atoms with Gasteiger partial charge in [0.2, 0.25) is 0 Å². The van der Waals surface area contributed by atoms with Crippen molar-refractivity contribution in [2.45, 2.75) is 32.6 Å². The molecule has 0 aliphatic carbocycles. The smallest absolute Gasteiger partial charge is 0.321 e. The minimum atomic E-state index is -4.63. The first-order valence-electron chi connectivity index (χ1n) is 13.6. The summed E-state index contributed by atoms with van der Waals surface area (Å²) >= 11 is 8.96. The molecule has 1 saturated heterocycles. The first-order valence-corrected chi connectivity index (χ1v) is 14.8. The lowest BCUT2D eigenvalue weighted by molar-refractivity contribution is -0.137. The molecular formula is C30H31BrClF3N6O2. The summed E-state index contributed by atoms with van der Waals surface area (Å²) in [6.07, 6.45) is -3.56. The van der Waals surface area contributed by atoms with Crippen LogP contribution in [0.25, 0.3) is 0 Å². The number of rotatable bonds is 10. The summed E-state index contributed by atoms with van der Waals surface area (Å²) in [4.78, 5) is 25.9. The first kappa shape index (κ1) is 32.6. The second-order valence-corrected chi connectivity index (χ2v) is 11.2. The lowest BCUT2D eigenvalue weighted by Gasteiger charge is -2.24. The van der Waals surface area contributed by atoms with Gasteiger partial charge in [-0.05, 0) is 53.6 Å². The monoisotopic (exact) mass is 678 g/mol. The summed E-state index contributed by atoms with van der Waals surface area (Å²) in [5.74, 6) is -1.08. The van der Waals surface area contributed by atoms with Crippen molar-refractivity contribution < 1.29 is 22.8 Å². The molecule has 1 aliphatic rings. The molecular weight excluding hydrogens is 649 g/mol. The van der Waals surface area contributed by atoms with Gasteiger partial charge >= 0.3 is 6.18 Å². The van der Waals surface area contributed by atoms with Crippen LogP contribution in [0.1, 0.15) is 51.3 Å². The van der Waals surface area contributed by atoms with E-state index in [1.54, 1.807) is 24.3 Å². The van der Waals surface area contributed by atoms with Crippen molar-refractivity contribution in [1.82, 2.24) is 20.8 Å². The molecule has 3 aromatic rings. The Morgan fingerprint density at radius 1 is 1.00 bits per heavy atom. The predicted octanol–water partition coefficient (Wildman–Crippen LogP) is 6.17. The number of hydrogen-bond acceptors (Lipinski definition) is 6. The molecule has 1 aliphatic heterocycles. The Morgan fingerprint density at radius 3 is 2.30 bits per heavy atom. The van der Waals surface area contributed by atoms with E-state index in [1.807, 2.05) is 12.1 Å². The maximum Gasteiger partial charge on any atom is 0.417 e. The molecule has 3 N–H and O–H groups in total. The topological polar surface area (TPSA) is 89.1 Å². The zero-order chi connectivity index (χ0) is 31.1. The van der Waals surface area contributed by atoms with Gasteiger partial charge in [0.1, 0.15) is 0 Å². The average Bonchev–Trinajstić information content (AvgIpc) is 3.40. The van der Waals surface area contributed by atoms with Crippen LogP contribution in [-0.4, -0.2) is 60.3 Å². The van der Waals surface area contributed by atoms with Gasteiger partial charge in [-0.1, -0.05) is 59.6 Å². The van der Waals surface area contributed by atoms with E-state index in [-0.39, 0.29) is 16.8 Å². The van der Waals surface area contributed by atoms with Crippen molar-refractivity contribution in [2.75, 3.05) is 31.5 Å². The molecule has 3 aromatic carbocycles. The SMILES string of the molecule is CCN1CC(NCc2ccc(C(=O)Nc3ccc(Br)cc3C(=O)N/N=C/c3ccc(Cl)c(C(F)(F)F)c3)cc2)CN1CC. The fraction of sp³-hybridized carbons (Fsp3) is 0.300. The van der Waals surface area contributed by atoms with Crippen LogP contribution in [0.15, 0.2) is 70.2 Å². The second-order valence-electron chi connectivity index (χ2n) is 9.87. The third-order valence-corrected chi connectivity index (χ3v) is 7.78. The number of anilines is 1. The van der Waals surface area contributed by atoms with Gasteiger partial charge in [0.05, 0.1) is 28.1 Å². The Bertz CT molecular complexity index is 1470. The fourth-order valence-electron chi connectivity index (χ4n) is 4.69. The van der Waals surface area contributed by atoms with E-state index in [2.05, 4.69) is 61.0 Å². The quantitative estimate of drug-likeness (QED) is 0.176. The lowest BCUT2D eigenvalue weighted by atomic mass is 10.1. The van der Waals surface area contributed by atoms with E-state index in [4.69, 9.17) is 11.6 Å². The number of hydrazine groups is 1. The number of carbonyl (C=O) groups excluding carboxylic acids is 2. The van der Waals surface area contributed by atoms with E-state index < -0.39 is 28.6 Å². The molecule has 0 saturated carbocycles. The van der Waals surface area contributed by atoms with Crippen LogP contribution in [0.3, 0.4) is 0 Å². The van der Waals surface area contributed by atoms with Crippen LogP contribution in [0, 0.1) is 0 Å². The number of benzene rings is 3. The van der Waals surface area contributed by atoms with Gasteiger partial charge in [-0.15, -0.1) is 0 Å². The number of carbonyl (C=O) groups is 2. The average molecular weight is 680 g/mol. The molecule has 2 amide bonds. The van der Waals surface area contributed by atoms with Crippen LogP contribution in [0.2, 0.25) is 5.02 Å². The number of hydrazone groups is 1. The minimum absolute atomic E-state index is 0.0903. The molecule has 13 heteroatoms. The number of hydrogen-bond donors (Lipinski definition) is 3. The molecule has 4 rings (SSSR count). The van der Waals surface area contributed by atoms with Crippen molar-refractivity contribution >= 4 is 51.2 Å². The van der Waals surface area contributed by atoms with Crippen LogP contribution in [0.4, 0.5) is 18.9 Å². The highest BCUT2D eigenvalue weighted by atomic mass is 79.9. The molecule has 0 spiro atoms. The van der Waals surface area contributed by atoms with Crippen molar-refractivity contribution in [3.05, 3.63) is 98.0 Å². The Hall–Kier alpha value is -3.29. The zero-order valence-corrected chi connectivity index (χ0v) is 25.9. The second kappa shape index (κ2) is 14.5. The molecule has 0 aromatic heterocycles. The standard InChI is InChI=1S/C30H31BrClF3N6O2/c1-3-40-17-23(18-41(40)4-2)36-15-19-5-8-21(9-6-19)28(42)38-27-12-10-22(31)14-24(27)29(43)39-37-16-20-7-11-26(32)25(13-20)30(33,34)35/h5-14,16,23,36H,3-4,15,17-18H2,1-2H3,(H,38,42)(H,39,43)/b37-16+. The molecule has 1 heterocycles. The Morgan fingerprint density at radius 2 is 1.67 bits per heavy atom. The highest BCUT2D eigenvalue weighted by Gasteiger charge is 2.33. The van der Waals surface area contributed by atoms with Crippen LogP contribution in [-0.2, 0) is 12.7 Å².